The van der Waals surface area contributed by atoms with E-state index in [4.69, 9.17) is 9.47 Å². The van der Waals surface area contributed by atoms with Gasteiger partial charge in [-0.2, -0.15) is 5.10 Å². The molecule has 1 amide bonds. The maximum absolute atomic E-state index is 13.2. The van der Waals surface area contributed by atoms with E-state index >= 15 is 0 Å². The van der Waals surface area contributed by atoms with Crippen molar-refractivity contribution in [1.82, 2.24) is 9.78 Å². The maximum atomic E-state index is 13.2. The van der Waals surface area contributed by atoms with Gasteiger partial charge < -0.3 is 14.8 Å². The molecule has 31 heavy (non-hydrogen) atoms. The van der Waals surface area contributed by atoms with Crippen molar-refractivity contribution >= 4 is 17.6 Å². The number of methoxy groups -OCH3 is 1. The van der Waals surface area contributed by atoms with Gasteiger partial charge in [0.25, 0.3) is 5.91 Å². The van der Waals surface area contributed by atoms with E-state index in [0.717, 1.165) is 0 Å². The molecule has 1 heterocycles. The first-order valence-electron chi connectivity index (χ1n) is 9.53. The quantitative estimate of drug-likeness (QED) is 0.463. The summed E-state index contributed by atoms with van der Waals surface area (Å²) in [7, 11) is 1.26. The van der Waals surface area contributed by atoms with Gasteiger partial charge in [-0.05, 0) is 36.4 Å². The minimum atomic E-state index is -0.628. The van der Waals surface area contributed by atoms with Gasteiger partial charge in [-0.25, -0.2) is 9.48 Å². The Hall–Kier alpha value is -4.39. The van der Waals surface area contributed by atoms with E-state index < -0.39 is 11.9 Å². The Morgan fingerprint density at radius 1 is 0.871 bits per heavy atom. The Bertz CT molecular complexity index is 1200. The number of rotatable bonds is 6. The van der Waals surface area contributed by atoms with Crippen LogP contribution in [0.1, 0.15) is 21.0 Å². The van der Waals surface area contributed by atoms with Gasteiger partial charge >= 0.3 is 5.97 Å². The number of hydrogen-bond donors (Lipinski definition) is 1. The van der Waals surface area contributed by atoms with E-state index in [1.165, 1.54) is 17.9 Å². The van der Waals surface area contributed by atoms with Gasteiger partial charge in [0.1, 0.15) is 11.4 Å². The van der Waals surface area contributed by atoms with Crippen LogP contribution in [0, 0.1) is 0 Å². The highest BCUT2D eigenvalue weighted by molar-refractivity contribution is 6.05. The molecule has 0 aliphatic heterocycles. The molecule has 4 aromatic rings. The van der Waals surface area contributed by atoms with Crippen LogP contribution in [0.15, 0.2) is 91.0 Å². The highest BCUT2D eigenvalue weighted by Gasteiger charge is 2.21. The molecule has 7 nitrogen and oxygen atoms in total. The molecule has 0 saturated heterocycles. The molecular weight excluding hydrogens is 394 g/mol. The van der Waals surface area contributed by atoms with Crippen LogP contribution in [-0.2, 0) is 4.74 Å². The van der Waals surface area contributed by atoms with Crippen molar-refractivity contribution in [3.8, 4) is 17.2 Å². The molecule has 0 spiro atoms. The zero-order chi connectivity index (χ0) is 21.6. The Morgan fingerprint density at radius 3 is 2.23 bits per heavy atom. The smallest absolute Gasteiger partial charge is 0.358 e. The van der Waals surface area contributed by atoms with Crippen molar-refractivity contribution in [3.05, 3.63) is 102 Å². The number of carbonyl (C=O) groups excluding carboxylic acids is 2. The Labute approximate surface area is 178 Å². The summed E-state index contributed by atoms with van der Waals surface area (Å²) in [5, 5.41) is 7.10. The normalized spacial score (nSPS) is 10.4. The monoisotopic (exact) mass is 413 g/mol. The molecule has 1 aromatic heterocycles. The molecule has 0 aliphatic carbocycles. The second-order valence-electron chi connectivity index (χ2n) is 6.52. The van der Waals surface area contributed by atoms with Gasteiger partial charge in [-0.1, -0.05) is 48.5 Å². The number of hydrogen-bond acceptors (Lipinski definition) is 5. The maximum Gasteiger partial charge on any atom is 0.358 e. The minimum Gasteiger partial charge on any atom is -0.464 e. The number of ether oxygens (including phenoxy) is 2. The summed E-state index contributed by atoms with van der Waals surface area (Å²) >= 11 is 0. The first-order valence-corrected chi connectivity index (χ1v) is 9.53. The molecule has 0 fully saturated rings. The summed E-state index contributed by atoms with van der Waals surface area (Å²) in [6.07, 6.45) is 0. The second-order valence-corrected chi connectivity index (χ2v) is 6.52. The van der Waals surface area contributed by atoms with Crippen LogP contribution >= 0.6 is 0 Å². The number of para-hydroxylation sites is 4. The summed E-state index contributed by atoms with van der Waals surface area (Å²) in [5.41, 5.74) is 1.33. The molecule has 1 N–H and O–H groups in total. The van der Waals surface area contributed by atoms with Crippen LogP contribution in [0.3, 0.4) is 0 Å². The molecule has 7 heteroatoms. The third-order valence-corrected chi connectivity index (χ3v) is 4.44. The SMILES string of the molecule is COC(=O)c1cc(C(=O)Nc2ccccc2Oc2ccccc2)n(-c2ccccc2)n1. The van der Waals surface area contributed by atoms with Crippen molar-refractivity contribution in [2.24, 2.45) is 0 Å². The molecular formula is C24H19N3O4. The molecule has 0 aliphatic rings. The molecule has 4 rings (SSSR count). The lowest BCUT2D eigenvalue weighted by atomic mass is 10.2. The fourth-order valence-corrected chi connectivity index (χ4v) is 2.97. The zero-order valence-corrected chi connectivity index (χ0v) is 16.7. The molecule has 0 unspecified atom stereocenters. The largest absolute Gasteiger partial charge is 0.464 e. The molecule has 154 valence electrons. The van der Waals surface area contributed by atoms with E-state index in [1.807, 2.05) is 54.6 Å². The van der Waals surface area contributed by atoms with Crippen LogP contribution < -0.4 is 10.1 Å². The number of aromatic nitrogens is 2. The van der Waals surface area contributed by atoms with Crippen LogP contribution in [0.5, 0.6) is 11.5 Å². The second kappa shape index (κ2) is 8.96. The van der Waals surface area contributed by atoms with E-state index in [-0.39, 0.29) is 11.4 Å². The lowest BCUT2D eigenvalue weighted by molar-refractivity contribution is 0.0593. The summed E-state index contributed by atoms with van der Waals surface area (Å²) in [5.74, 6) is 0.0553. The first kappa shape index (κ1) is 19.9. The van der Waals surface area contributed by atoms with Gasteiger partial charge in [0.2, 0.25) is 0 Å². The predicted molar refractivity (Wildman–Crippen MR) is 116 cm³/mol. The topological polar surface area (TPSA) is 82.5 Å². The predicted octanol–water partition coefficient (Wildman–Crippen LogP) is 4.70. The highest BCUT2D eigenvalue weighted by Crippen LogP contribution is 2.29. The van der Waals surface area contributed by atoms with Crippen molar-refractivity contribution in [2.75, 3.05) is 12.4 Å². The number of esters is 1. The summed E-state index contributed by atoms with van der Waals surface area (Å²) < 4.78 is 12.1. The third kappa shape index (κ3) is 4.45. The van der Waals surface area contributed by atoms with E-state index in [1.54, 1.807) is 30.3 Å². The van der Waals surface area contributed by atoms with Gasteiger partial charge in [0, 0.05) is 6.07 Å². The number of carbonyl (C=O) groups is 2. The third-order valence-electron chi connectivity index (χ3n) is 4.44. The molecule has 0 bridgehead atoms. The average molecular weight is 413 g/mol. The number of nitrogens with zero attached hydrogens (tertiary/aromatic N) is 2. The van der Waals surface area contributed by atoms with Gasteiger partial charge in [0.05, 0.1) is 18.5 Å². The number of anilines is 1. The summed E-state index contributed by atoms with van der Waals surface area (Å²) in [6, 6.07) is 26.8. The molecule has 3 aromatic carbocycles. The van der Waals surface area contributed by atoms with Crippen LogP contribution in [0.2, 0.25) is 0 Å². The Balaban J connectivity index is 1.67. The van der Waals surface area contributed by atoms with E-state index in [9.17, 15) is 9.59 Å². The average Bonchev–Trinajstić information content (AvgIpc) is 3.27. The number of benzene rings is 3. The van der Waals surface area contributed by atoms with E-state index in [2.05, 4.69) is 10.4 Å². The summed E-state index contributed by atoms with van der Waals surface area (Å²) in [4.78, 5) is 25.2. The molecule has 0 radical (unpaired) electrons. The van der Waals surface area contributed by atoms with Crippen molar-refractivity contribution in [2.45, 2.75) is 0 Å². The van der Waals surface area contributed by atoms with Gasteiger partial charge in [-0.3, -0.25) is 4.79 Å². The van der Waals surface area contributed by atoms with Crippen molar-refractivity contribution in [3.63, 3.8) is 0 Å². The minimum absolute atomic E-state index is 0.0327. The van der Waals surface area contributed by atoms with Crippen LogP contribution in [0.4, 0.5) is 5.69 Å². The van der Waals surface area contributed by atoms with Crippen molar-refractivity contribution in [1.29, 1.82) is 0 Å². The van der Waals surface area contributed by atoms with Crippen LogP contribution in [-0.4, -0.2) is 28.8 Å². The molecule has 0 atom stereocenters. The zero-order valence-electron chi connectivity index (χ0n) is 16.7. The number of amides is 1. The lowest BCUT2D eigenvalue weighted by Gasteiger charge is -2.13. The standard InChI is InChI=1S/C24H19N3O4/c1-30-24(29)20-16-21(27(26-20)17-10-4-2-5-11-17)23(28)25-19-14-8-9-15-22(19)31-18-12-6-3-7-13-18/h2-16H,1H3,(H,25,28). The Kier molecular flexibility index (Phi) is 5.75. The lowest BCUT2D eigenvalue weighted by Crippen LogP contribution is -2.17. The summed E-state index contributed by atoms with van der Waals surface area (Å²) in [6.45, 7) is 0. The fraction of sp³-hybridized carbons (Fsp3) is 0.0417. The Morgan fingerprint density at radius 2 is 1.52 bits per heavy atom. The highest BCUT2D eigenvalue weighted by atomic mass is 16.5. The first-order chi connectivity index (χ1) is 15.2. The van der Waals surface area contributed by atoms with Gasteiger partial charge in [0.15, 0.2) is 11.4 Å². The van der Waals surface area contributed by atoms with Gasteiger partial charge in [-0.15, -0.1) is 0 Å². The van der Waals surface area contributed by atoms with Crippen molar-refractivity contribution < 1.29 is 19.1 Å². The number of nitrogens with one attached hydrogen (secondary N) is 1. The van der Waals surface area contributed by atoms with Crippen LogP contribution in [0.25, 0.3) is 5.69 Å². The fourth-order valence-electron chi connectivity index (χ4n) is 2.97. The van der Waals surface area contributed by atoms with E-state index in [0.29, 0.717) is 22.9 Å². The molecule has 0 saturated carbocycles.